The fourth-order valence-corrected chi connectivity index (χ4v) is 3.43. The number of aromatic nitrogens is 1. The highest BCUT2D eigenvalue weighted by Gasteiger charge is 2.09. The molecule has 0 spiro atoms. The summed E-state index contributed by atoms with van der Waals surface area (Å²) >= 11 is 7.30. The van der Waals surface area contributed by atoms with E-state index in [0.29, 0.717) is 10.8 Å². The quantitative estimate of drug-likeness (QED) is 0.567. The topological polar surface area (TPSA) is 74.0 Å². The Morgan fingerprint density at radius 1 is 1.00 bits per heavy atom. The van der Waals surface area contributed by atoms with Gasteiger partial charge in [-0.25, -0.2) is 0 Å². The molecule has 3 rings (SSSR count). The summed E-state index contributed by atoms with van der Waals surface area (Å²) in [6.45, 7) is 0. The Labute approximate surface area is 160 Å². The Morgan fingerprint density at radius 3 is 2.54 bits per heavy atom. The second-order valence-electron chi connectivity index (χ2n) is 5.75. The third-order valence-electron chi connectivity index (χ3n) is 3.78. The molecule has 1 heterocycles. The summed E-state index contributed by atoms with van der Waals surface area (Å²) in [6.07, 6.45) is 2.01. The molecular weight excluding hydrogens is 370 g/mol. The number of carbonyl (C=O) groups is 2. The number of nitrogens with one attached hydrogen (secondary N) is 3. The fraction of sp³-hybridized carbons (Fsp3) is 0.158. The van der Waals surface area contributed by atoms with E-state index >= 15 is 0 Å². The molecule has 0 saturated carbocycles. The van der Waals surface area contributed by atoms with Crippen LogP contribution in [0.1, 0.15) is 11.1 Å². The van der Waals surface area contributed by atoms with Crippen molar-refractivity contribution in [1.29, 1.82) is 0 Å². The number of carbonyl (C=O) groups excluding carboxylic acids is 2. The van der Waals surface area contributed by atoms with Crippen LogP contribution in [0.4, 0.5) is 0 Å². The smallest absolute Gasteiger partial charge is 0.248 e. The maximum Gasteiger partial charge on any atom is 0.248 e. The standard InChI is InChI=1S/C19H18ClN3O2S/c20-15-7-5-13(6-8-15)11-26-12-19(25)23-22-18(24)9-14-10-21-17-4-2-1-3-16(14)17/h1-8,10,21H,9,11-12H2,(H,22,24)(H,23,25). The lowest BCUT2D eigenvalue weighted by molar-refractivity contribution is -0.127. The molecule has 2 amide bonds. The molecule has 0 aliphatic rings. The number of fused-ring (bicyclic) bond motifs is 1. The number of halogens is 1. The molecule has 134 valence electrons. The summed E-state index contributed by atoms with van der Waals surface area (Å²) in [6, 6.07) is 15.3. The molecular formula is C19H18ClN3O2S. The van der Waals surface area contributed by atoms with E-state index in [1.807, 2.05) is 54.7 Å². The van der Waals surface area contributed by atoms with Gasteiger partial charge in [0.25, 0.3) is 0 Å². The van der Waals surface area contributed by atoms with Crippen molar-refractivity contribution in [2.45, 2.75) is 12.2 Å². The number of thioether (sulfide) groups is 1. The average Bonchev–Trinajstić information content (AvgIpc) is 3.05. The number of para-hydroxylation sites is 1. The van der Waals surface area contributed by atoms with Crippen LogP contribution in [0.15, 0.2) is 54.7 Å². The number of aromatic amines is 1. The summed E-state index contributed by atoms with van der Waals surface area (Å²) < 4.78 is 0. The van der Waals surface area contributed by atoms with Crippen LogP contribution in [0.25, 0.3) is 10.9 Å². The first-order chi connectivity index (χ1) is 12.6. The van der Waals surface area contributed by atoms with E-state index in [2.05, 4.69) is 15.8 Å². The third kappa shape index (κ3) is 5.03. The van der Waals surface area contributed by atoms with Crippen molar-refractivity contribution in [3.8, 4) is 0 Å². The second-order valence-corrected chi connectivity index (χ2v) is 7.17. The first kappa shape index (κ1) is 18.4. The minimum atomic E-state index is -0.259. The van der Waals surface area contributed by atoms with E-state index in [9.17, 15) is 9.59 Å². The Hall–Kier alpha value is -2.44. The van der Waals surface area contributed by atoms with Gasteiger partial charge in [-0.2, -0.15) is 0 Å². The van der Waals surface area contributed by atoms with Crippen molar-refractivity contribution >= 4 is 46.1 Å². The van der Waals surface area contributed by atoms with Crippen LogP contribution in [0, 0.1) is 0 Å². The van der Waals surface area contributed by atoms with Gasteiger partial charge in [0.1, 0.15) is 0 Å². The Bertz CT molecular complexity index is 909. The van der Waals surface area contributed by atoms with E-state index in [1.165, 1.54) is 11.8 Å². The van der Waals surface area contributed by atoms with Crippen LogP contribution in [0.3, 0.4) is 0 Å². The molecule has 0 bridgehead atoms. The van der Waals surface area contributed by atoms with Gasteiger partial charge in [-0.3, -0.25) is 20.4 Å². The molecule has 0 saturated heterocycles. The number of amides is 2. The second kappa shape index (κ2) is 8.78. The van der Waals surface area contributed by atoms with Crippen LogP contribution < -0.4 is 10.9 Å². The van der Waals surface area contributed by atoms with Crippen molar-refractivity contribution in [3.05, 3.63) is 70.9 Å². The van der Waals surface area contributed by atoms with Crippen molar-refractivity contribution in [2.24, 2.45) is 0 Å². The molecule has 5 nitrogen and oxygen atoms in total. The van der Waals surface area contributed by atoms with Gasteiger partial charge in [-0.15, -0.1) is 11.8 Å². The highest BCUT2D eigenvalue weighted by molar-refractivity contribution is 7.99. The Balaban J connectivity index is 1.39. The number of hydrazine groups is 1. The van der Waals surface area contributed by atoms with Crippen molar-refractivity contribution in [1.82, 2.24) is 15.8 Å². The van der Waals surface area contributed by atoms with Gasteiger partial charge in [0.15, 0.2) is 0 Å². The van der Waals surface area contributed by atoms with Gasteiger partial charge in [-0.1, -0.05) is 41.9 Å². The maximum atomic E-state index is 12.0. The van der Waals surface area contributed by atoms with Crippen molar-refractivity contribution < 1.29 is 9.59 Å². The van der Waals surface area contributed by atoms with Crippen LogP contribution >= 0.6 is 23.4 Å². The highest BCUT2D eigenvalue weighted by Crippen LogP contribution is 2.18. The van der Waals surface area contributed by atoms with E-state index < -0.39 is 0 Å². The largest absolute Gasteiger partial charge is 0.361 e. The van der Waals surface area contributed by atoms with Gasteiger partial charge in [-0.05, 0) is 29.3 Å². The lowest BCUT2D eigenvalue weighted by Gasteiger charge is -2.07. The number of benzene rings is 2. The van der Waals surface area contributed by atoms with E-state index in [4.69, 9.17) is 11.6 Å². The average molecular weight is 388 g/mol. The minimum absolute atomic E-state index is 0.197. The van der Waals surface area contributed by atoms with Gasteiger partial charge >= 0.3 is 0 Å². The number of hydrogen-bond donors (Lipinski definition) is 3. The lowest BCUT2D eigenvalue weighted by atomic mass is 10.1. The lowest BCUT2D eigenvalue weighted by Crippen LogP contribution is -2.43. The molecule has 3 N–H and O–H groups in total. The molecule has 0 atom stereocenters. The van der Waals surface area contributed by atoms with Gasteiger partial charge in [0.2, 0.25) is 11.8 Å². The third-order valence-corrected chi connectivity index (χ3v) is 5.04. The molecule has 0 unspecified atom stereocenters. The molecule has 0 radical (unpaired) electrons. The summed E-state index contributed by atoms with van der Waals surface area (Å²) in [5.74, 6) is 0.464. The van der Waals surface area contributed by atoms with Gasteiger partial charge in [0.05, 0.1) is 12.2 Å². The SMILES string of the molecule is O=C(CSCc1ccc(Cl)cc1)NNC(=O)Cc1c[nH]c2ccccc12. The van der Waals surface area contributed by atoms with Crippen LogP contribution in [0.2, 0.25) is 5.02 Å². The van der Waals surface area contributed by atoms with Crippen molar-refractivity contribution in [3.63, 3.8) is 0 Å². The van der Waals surface area contributed by atoms with Gasteiger partial charge in [0, 0.05) is 27.9 Å². The first-order valence-electron chi connectivity index (χ1n) is 8.06. The van der Waals surface area contributed by atoms with E-state index in [-0.39, 0.29) is 24.0 Å². The van der Waals surface area contributed by atoms with Crippen LogP contribution in [0.5, 0.6) is 0 Å². The normalized spacial score (nSPS) is 10.7. The highest BCUT2D eigenvalue weighted by atomic mass is 35.5. The van der Waals surface area contributed by atoms with E-state index in [1.54, 1.807) is 0 Å². The predicted octanol–water partition coefficient (Wildman–Crippen LogP) is 3.44. The monoisotopic (exact) mass is 387 g/mol. The van der Waals surface area contributed by atoms with Gasteiger partial charge < -0.3 is 4.98 Å². The first-order valence-corrected chi connectivity index (χ1v) is 9.60. The molecule has 0 aliphatic heterocycles. The molecule has 7 heteroatoms. The summed E-state index contributed by atoms with van der Waals surface area (Å²) in [4.78, 5) is 27.0. The molecule has 0 fully saturated rings. The van der Waals surface area contributed by atoms with Crippen LogP contribution in [-0.2, 0) is 21.8 Å². The summed E-state index contributed by atoms with van der Waals surface area (Å²) in [5, 5.41) is 1.70. The predicted molar refractivity (Wildman–Crippen MR) is 106 cm³/mol. The zero-order valence-electron chi connectivity index (χ0n) is 13.9. The number of H-pyrrole nitrogens is 1. The van der Waals surface area contributed by atoms with Crippen LogP contribution in [-0.4, -0.2) is 22.6 Å². The summed E-state index contributed by atoms with van der Waals surface area (Å²) in [5.41, 5.74) is 7.88. The fourth-order valence-electron chi connectivity index (χ4n) is 2.51. The zero-order chi connectivity index (χ0) is 18.4. The maximum absolute atomic E-state index is 12.0. The molecule has 0 aliphatic carbocycles. The van der Waals surface area contributed by atoms with E-state index in [0.717, 1.165) is 22.0 Å². The summed E-state index contributed by atoms with van der Waals surface area (Å²) in [7, 11) is 0. The Morgan fingerprint density at radius 2 is 1.73 bits per heavy atom. The molecule has 2 aromatic carbocycles. The molecule has 26 heavy (non-hydrogen) atoms. The Kier molecular flexibility index (Phi) is 6.20. The number of rotatable bonds is 6. The molecule has 1 aromatic heterocycles. The minimum Gasteiger partial charge on any atom is -0.361 e. The van der Waals surface area contributed by atoms with Crippen molar-refractivity contribution in [2.75, 3.05) is 5.75 Å². The molecule has 3 aromatic rings. The zero-order valence-corrected chi connectivity index (χ0v) is 15.5. The number of hydrogen-bond acceptors (Lipinski definition) is 3.